The number of nitro benzene ring substituents is 1. The lowest BCUT2D eigenvalue weighted by atomic mass is 9.95. The minimum atomic E-state index is -1.03. The first kappa shape index (κ1) is 18.3. The Bertz CT molecular complexity index is 938. The van der Waals surface area contributed by atoms with Crippen LogP contribution in [-0.4, -0.2) is 44.9 Å². The molecular weight excluding hydrogens is 352 g/mol. The third-order valence-electron chi connectivity index (χ3n) is 4.32. The van der Waals surface area contributed by atoms with Gasteiger partial charge < -0.3 is 15.1 Å². The van der Waals surface area contributed by atoms with Gasteiger partial charge in [0.2, 0.25) is 0 Å². The van der Waals surface area contributed by atoms with Crippen LogP contribution in [0.15, 0.2) is 60.2 Å². The molecule has 2 N–H and O–H groups in total. The summed E-state index contributed by atoms with van der Waals surface area (Å²) in [6.07, 6.45) is 0. The quantitative estimate of drug-likeness (QED) is 0.274. The van der Waals surface area contributed by atoms with Crippen molar-refractivity contribution >= 4 is 23.1 Å². The van der Waals surface area contributed by atoms with E-state index in [1.165, 1.54) is 24.3 Å². The van der Waals surface area contributed by atoms with Crippen LogP contribution in [-0.2, 0) is 9.59 Å². The average Bonchev–Trinajstić information content (AvgIpc) is 2.93. The Kier molecular flexibility index (Phi) is 5.00. The van der Waals surface area contributed by atoms with Crippen LogP contribution in [0, 0.1) is 10.1 Å². The minimum Gasteiger partial charge on any atom is -0.507 e. The normalized spacial score (nSPS) is 18.7. The summed E-state index contributed by atoms with van der Waals surface area (Å²) in [5.41, 5.74) is 0.270. The fraction of sp³-hybridized carbons (Fsp3) is 0.158. The molecule has 1 fully saturated rings. The maximum atomic E-state index is 12.6. The van der Waals surface area contributed by atoms with Crippen LogP contribution in [0.4, 0.5) is 5.69 Å². The van der Waals surface area contributed by atoms with E-state index in [1.54, 1.807) is 30.3 Å². The highest BCUT2D eigenvalue weighted by molar-refractivity contribution is 6.46. The summed E-state index contributed by atoms with van der Waals surface area (Å²) in [6.45, 7) is -0.548. The molecule has 138 valence electrons. The standard InChI is InChI=1S/C19H16N2O6/c22-10-9-20-16(13-7-4-8-14(11-13)21(26)27)15(18(24)19(20)25)17(23)12-5-2-1-3-6-12/h1-8,11,16,22-23H,9-10H2/b17-15+/t16-/m0/s1. The van der Waals surface area contributed by atoms with E-state index < -0.39 is 29.3 Å². The molecule has 0 bridgehead atoms. The largest absolute Gasteiger partial charge is 0.507 e. The topological polar surface area (TPSA) is 121 Å². The first-order valence-corrected chi connectivity index (χ1v) is 8.14. The second kappa shape index (κ2) is 7.38. The summed E-state index contributed by atoms with van der Waals surface area (Å²) in [7, 11) is 0. The first-order valence-electron chi connectivity index (χ1n) is 8.14. The van der Waals surface area contributed by atoms with Crippen molar-refractivity contribution in [1.29, 1.82) is 0 Å². The van der Waals surface area contributed by atoms with Gasteiger partial charge in [-0.15, -0.1) is 0 Å². The van der Waals surface area contributed by atoms with Crippen LogP contribution < -0.4 is 0 Å². The molecule has 0 radical (unpaired) electrons. The average molecular weight is 368 g/mol. The van der Waals surface area contributed by atoms with E-state index in [0.717, 1.165) is 4.90 Å². The second-order valence-corrected chi connectivity index (χ2v) is 5.93. The highest BCUT2D eigenvalue weighted by Gasteiger charge is 2.46. The molecular formula is C19H16N2O6. The van der Waals surface area contributed by atoms with Crippen LogP contribution in [0.2, 0.25) is 0 Å². The lowest BCUT2D eigenvalue weighted by Gasteiger charge is -2.24. The zero-order valence-corrected chi connectivity index (χ0v) is 14.1. The lowest BCUT2D eigenvalue weighted by molar-refractivity contribution is -0.384. The number of aliphatic hydroxyl groups excluding tert-OH is 2. The van der Waals surface area contributed by atoms with Gasteiger partial charge in [-0.05, 0) is 5.56 Å². The Hall–Kier alpha value is -3.52. The van der Waals surface area contributed by atoms with E-state index in [9.17, 15) is 29.9 Å². The fourth-order valence-electron chi connectivity index (χ4n) is 3.12. The number of amides is 1. The maximum Gasteiger partial charge on any atom is 0.295 e. The van der Waals surface area contributed by atoms with Crippen LogP contribution >= 0.6 is 0 Å². The molecule has 1 aliphatic rings. The minimum absolute atomic E-state index is 0.149. The number of β-amino-alcohol motifs (C(OH)–C–C–N with tert-alkyl or cyclic N) is 1. The number of rotatable bonds is 5. The number of carbonyl (C=O) groups excluding carboxylic acids is 2. The van der Waals surface area contributed by atoms with Crippen molar-refractivity contribution in [3.63, 3.8) is 0 Å². The number of nitro groups is 1. The van der Waals surface area contributed by atoms with Crippen molar-refractivity contribution in [3.05, 3.63) is 81.4 Å². The van der Waals surface area contributed by atoms with Gasteiger partial charge in [0, 0.05) is 24.2 Å². The molecule has 1 heterocycles. The maximum absolute atomic E-state index is 12.6. The number of likely N-dealkylation sites (tertiary alicyclic amines) is 1. The Morgan fingerprint density at radius 2 is 1.81 bits per heavy atom. The zero-order valence-electron chi connectivity index (χ0n) is 14.1. The van der Waals surface area contributed by atoms with Gasteiger partial charge in [0.05, 0.1) is 23.1 Å². The second-order valence-electron chi connectivity index (χ2n) is 5.93. The SMILES string of the molecule is O=C1C(=O)N(CCO)[C@@H](c2cccc([N+](=O)[O-])c2)/C1=C(\O)c1ccccc1. The molecule has 3 rings (SSSR count). The van der Waals surface area contributed by atoms with E-state index in [4.69, 9.17) is 0 Å². The molecule has 1 saturated heterocycles. The predicted octanol–water partition coefficient (Wildman–Crippen LogP) is 2.01. The third-order valence-corrected chi connectivity index (χ3v) is 4.32. The third kappa shape index (κ3) is 3.30. The summed E-state index contributed by atoms with van der Waals surface area (Å²) in [4.78, 5) is 36.6. The number of nitrogens with zero attached hydrogens (tertiary/aromatic N) is 2. The predicted molar refractivity (Wildman–Crippen MR) is 95.6 cm³/mol. The number of non-ortho nitro benzene ring substituents is 1. The summed E-state index contributed by atoms with van der Waals surface area (Å²) in [5.74, 6) is -2.15. The summed E-state index contributed by atoms with van der Waals surface area (Å²) < 4.78 is 0. The molecule has 1 amide bonds. The van der Waals surface area contributed by atoms with Crippen molar-refractivity contribution in [2.45, 2.75) is 6.04 Å². The summed E-state index contributed by atoms with van der Waals surface area (Å²) in [6, 6.07) is 12.7. The Morgan fingerprint density at radius 1 is 1.11 bits per heavy atom. The van der Waals surface area contributed by atoms with Gasteiger partial charge in [-0.25, -0.2) is 0 Å². The molecule has 0 spiro atoms. The van der Waals surface area contributed by atoms with Gasteiger partial charge in [0.25, 0.3) is 17.4 Å². The van der Waals surface area contributed by atoms with Crippen molar-refractivity contribution < 1.29 is 24.7 Å². The Labute approximate surface area is 154 Å². The lowest BCUT2D eigenvalue weighted by Crippen LogP contribution is -2.32. The van der Waals surface area contributed by atoms with Crippen LogP contribution in [0.25, 0.3) is 5.76 Å². The summed E-state index contributed by atoms with van der Waals surface area (Å²) >= 11 is 0. The number of Topliss-reactive ketones (excluding diaryl/α,β-unsaturated/α-hetero) is 1. The number of ketones is 1. The number of aliphatic hydroxyl groups is 2. The first-order chi connectivity index (χ1) is 13.0. The van der Waals surface area contributed by atoms with Crippen LogP contribution in [0.3, 0.4) is 0 Å². The van der Waals surface area contributed by atoms with E-state index in [0.29, 0.717) is 11.1 Å². The molecule has 1 atom stereocenters. The van der Waals surface area contributed by atoms with Gasteiger partial charge in [-0.3, -0.25) is 19.7 Å². The highest BCUT2D eigenvalue weighted by atomic mass is 16.6. The molecule has 0 aliphatic carbocycles. The van der Waals surface area contributed by atoms with E-state index in [1.807, 2.05) is 0 Å². The number of benzene rings is 2. The zero-order chi connectivity index (χ0) is 19.6. The molecule has 2 aromatic carbocycles. The highest BCUT2D eigenvalue weighted by Crippen LogP contribution is 2.39. The number of carbonyl (C=O) groups is 2. The van der Waals surface area contributed by atoms with Crippen LogP contribution in [0.5, 0.6) is 0 Å². The van der Waals surface area contributed by atoms with Gasteiger partial charge >= 0.3 is 0 Å². The molecule has 8 heteroatoms. The molecule has 0 saturated carbocycles. The Morgan fingerprint density at radius 3 is 2.44 bits per heavy atom. The smallest absolute Gasteiger partial charge is 0.295 e. The molecule has 2 aromatic rings. The summed E-state index contributed by atoms with van der Waals surface area (Å²) in [5, 5.41) is 31.1. The molecule has 0 unspecified atom stereocenters. The number of hydrogen-bond donors (Lipinski definition) is 2. The number of hydrogen-bond acceptors (Lipinski definition) is 6. The van der Waals surface area contributed by atoms with Gasteiger partial charge in [-0.1, -0.05) is 42.5 Å². The van der Waals surface area contributed by atoms with Crippen molar-refractivity contribution in [2.75, 3.05) is 13.2 Å². The van der Waals surface area contributed by atoms with E-state index >= 15 is 0 Å². The van der Waals surface area contributed by atoms with Crippen molar-refractivity contribution in [2.24, 2.45) is 0 Å². The van der Waals surface area contributed by atoms with E-state index in [-0.39, 0.29) is 23.6 Å². The fourth-order valence-corrected chi connectivity index (χ4v) is 3.12. The van der Waals surface area contributed by atoms with Gasteiger partial charge in [0.15, 0.2) is 0 Å². The molecule has 1 aliphatic heterocycles. The van der Waals surface area contributed by atoms with E-state index in [2.05, 4.69) is 0 Å². The van der Waals surface area contributed by atoms with Crippen molar-refractivity contribution in [3.8, 4) is 0 Å². The monoisotopic (exact) mass is 368 g/mol. The Balaban J connectivity index is 2.21. The van der Waals surface area contributed by atoms with Gasteiger partial charge in [-0.2, -0.15) is 0 Å². The molecule has 8 nitrogen and oxygen atoms in total. The van der Waals surface area contributed by atoms with Crippen molar-refractivity contribution in [1.82, 2.24) is 4.90 Å². The van der Waals surface area contributed by atoms with Crippen LogP contribution in [0.1, 0.15) is 17.2 Å². The van der Waals surface area contributed by atoms with Gasteiger partial charge in [0.1, 0.15) is 5.76 Å². The molecule has 27 heavy (non-hydrogen) atoms. The molecule has 0 aromatic heterocycles.